The first kappa shape index (κ1) is 15.5. The zero-order valence-electron chi connectivity index (χ0n) is 11.7. The van der Waals surface area contributed by atoms with Crippen LogP contribution in [0.5, 0.6) is 0 Å². The second kappa shape index (κ2) is 8.57. The van der Waals surface area contributed by atoms with Crippen LogP contribution in [-0.2, 0) is 0 Å². The van der Waals surface area contributed by atoms with Crippen LogP contribution >= 0.6 is 11.8 Å². The predicted octanol–water partition coefficient (Wildman–Crippen LogP) is 3.56. The standard InChI is InChI=1S/C15H25NOS/c1-4-16(5-2)12-11-15(17)13-7-9-14(10-8-13)18-6-3/h7-10,15,17H,4-6,11-12H2,1-3H3. The van der Waals surface area contributed by atoms with Gasteiger partial charge in [0.15, 0.2) is 0 Å². The van der Waals surface area contributed by atoms with Crippen molar-refractivity contribution in [3.8, 4) is 0 Å². The summed E-state index contributed by atoms with van der Waals surface area (Å²) in [4.78, 5) is 3.61. The summed E-state index contributed by atoms with van der Waals surface area (Å²) in [6.07, 6.45) is 0.466. The van der Waals surface area contributed by atoms with Crippen LogP contribution in [0.4, 0.5) is 0 Å². The van der Waals surface area contributed by atoms with Crippen LogP contribution in [0.1, 0.15) is 38.9 Å². The lowest BCUT2D eigenvalue weighted by Gasteiger charge is -2.20. The average Bonchev–Trinajstić information content (AvgIpc) is 2.41. The zero-order chi connectivity index (χ0) is 13.4. The Morgan fingerprint density at radius 1 is 1.11 bits per heavy atom. The van der Waals surface area contributed by atoms with E-state index in [-0.39, 0.29) is 6.10 Å². The number of rotatable bonds is 8. The van der Waals surface area contributed by atoms with Crippen LogP contribution in [0.2, 0.25) is 0 Å². The summed E-state index contributed by atoms with van der Waals surface area (Å²) >= 11 is 1.83. The minimum atomic E-state index is -0.341. The van der Waals surface area contributed by atoms with Crippen molar-refractivity contribution >= 4 is 11.8 Å². The molecule has 0 saturated heterocycles. The predicted molar refractivity (Wildman–Crippen MR) is 80.2 cm³/mol. The molecule has 1 unspecified atom stereocenters. The van der Waals surface area contributed by atoms with Gasteiger partial charge in [-0.1, -0.05) is 32.9 Å². The Balaban J connectivity index is 2.48. The fourth-order valence-corrected chi connectivity index (χ4v) is 2.63. The number of thioether (sulfide) groups is 1. The smallest absolute Gasteiger partial charge is 0.0802 e. The minimum absolute atomic E-state index is 0.341. The summed E-state index contributed by atoms with van der Waals surface area (Å²) in [6.45, 7) is 9.53. The highest BCUT2D eigenvalue weighted by Gasteiger charge is 2.09. The second-order valence-corrected chi connectivity index (χ2v) is 5.67. The van der Waals surface area contributed by atoms with Gasteiger partial charge in [-0.25, -0.2) is 0 Å². The molecule has 0 amide bonds. The van der Waals surface area contributed by atoms with Crippen molar-refractivity contribution in [2.24, 2.45) is 0 Å². The van der Waals surface area contributed by atoms with Crippen molar-refractivity contribution in [2.45, 2.75) is 38.2 Å². The molecule has 18 heavy (non-hydrogen) atoms. The van der Waals surface area contributed by atoms with Crippen LogP contribution < -0.4 is 0 Å². The number of hydrogen-bond donors (Lipinski definition) is 1. The molecule has 0 radical (unpaired) electrons. The van der Waals surface area contributed by atoms with E-state index in [0.29, 0.717) is 0 Å². The van der Waals surface area contributed by atoms with Crippen molar-refractivity contribution < 1.29 is 5.11 Å². The van der Waals surface area contributed by atoms with Gasteiger partial charge in [-0.3, -0.25) is 0 Å². The molecule has 1 aromatic rings. The van der Waals surface area contributed by atoms with Crippen molar-refractivity contribution in [2.75, 3.05) is 25.4 Å². The Morgan fingerprint density at radius 3 is 2.22 bits per heavy atom. The van der Waals surface area contributed by atoms with Gasteiger partial charge in [0.1, 0.15) is 0 Å². The Hall–Kier alpha value is -0.510. The minimum Gasteiger partial charge on any atom is -0.388 e. The summed E-state index contributed by atoms with van der Waals surface area (Å²) in [5.74, 6) is 1.09. The number of aliphatic hydroxyl groups excluding tert-OH is 1. The lowest BCUT2D eigenvalue weighted by atomic mass is 10.1. The van der Waals surface area contributed by atoms with E-state index in [9.17, 15) is 5.11 Å². The summed E-state index contributed by atoms with van der Waals surface area (Å²) < 4.78 is 0. The second-order valence-electron chi connectivity index (χ2n) is 4.33. The van der Waals surface area contributed by atoms with E-state index in [1.165, 1.54) is 4.90 Å². The first-order chi connectivity index (χ1) is 8.71. The molecule has 1 rings (SSSR count). The highest BCUT2D eigenvalue weighted by Crippen LogP contribution is 2.22. The van der Waals surface area contributed by atoms with Crippen LogP contribution in [0.15, 0.2) is 29.2 Å². The quantitative estimate of drug-likeness (QED) is 0.728. The molecule has 1 atom stereocenters. The molecule has 0 saturated carbocycles. The summed E-state index contributed by atoms with van der Waals surface area (Å²) in [5, 5.41) is 10.1. The van der Waals surface area contributed by atoms with Crippen LogP contribution in [-0.4, -0.2) is 35.4 Å². The molecule has 0 aliphatic carbocycles. The molecule has 0 heterocycles. The van der Waals surface area contributed by atoms with E-state index >= 15 is 0 Å². The Bertz CT molecular complexity index is 322. The average molecular weight is 267 g/mol. The van der Waals surface area contributed by atoms with Gasteiger partial charge in [0.05, 0.1) is 6.10 Å². The molecule has 0 spiro atoms. The van der Waals surface area contributed by atoms with E-state index in [4.69, 9.17) is 0 Å². The molecule has 0 aliphatic rings. The first-order valence-electron chi connectivity index (χ1n) is 6.84. The molecule has 102 valence electrons. The van der Waals surface area contributed by atoms with Crippen LogP contribution in [0, 0.1) is 0 Å². The molecule has 0 aromatic heterocycles. The Labute approximate surface area is 115 Å². The molecule has 1 aromatic carbocycles. The maximum atomic E-state index is 10.1. The molecule has 0 fully saturated rings. The fraction of sp³-hybridized carbons (Fsp3) is 0.600. The number of benzene rings is 1. The monoisotopic (exact) mass is 267 g/mol. The molecule has 0 aliphatic heterocycles. The van der Waals surface area contributed by atoms with Crippen molar-refractivity contribution in [3.05, 3.63) is 29.8 Å². The topological polar surface area (TPSA) is 23.5 Å². The van der Waals surface area contributed by atoms with Gasteiger partial charge in [0.25, 0.3) is 0 Å². The maximum Gasteiger partial charge on any atom is 0.0802 e. The zero-order valence-corrected chi connectivity index (χ0v) is 12.5. The number of hydrogen-bond acceptors (Lipinski definition) is 3. The van der Waals surface area contributed by atoms with Gasteiger partial charge < -0.3 is 10.0 Å². The molecule has 2 nitrogen and oxygen atoms in total. The first-order valence-corrected chi connectivity index (χ1v) is 7.82. The van der Waals surface area contributed by atoms with Gasteiger partial charge in [-0.05, 0) is 43.0 Å². The largest absolute Gasteiger partial charge is 0.388 e. The van der Waals surface area contributed by atoms with Gasteiger partial charge in [-0.15, -0.1) is 11.8 Å². The van der Waals surface area contributed by atoms with Crippen molar-refractivity contribution in [1.29, 1.82) is 0 Å². The SMILES string of the molecule is CCSc1ccc(C(O)CCN(CC)CC)cc1. The van der Waals surface area contributed by atoms with E-state index in [1.54, 1.807) is 0 Å². The molecular weight excluding hydrogens is 242 g/mol. The van der Waals surface area contributed by atoms with Gasteiger partial charge in [0.2, 0.25) is 0 Å². The summed E-state index contributed by atoms with van der Waals surface area (Å²) in [6, 6.07) is 8.30. The van der Waals surface area contributed by atoms with E-state index in [2.05, 4.69) is 37.8 Å². The summed E-state index contributed by atoms with van der Waals surface area (Å²) in [7, 11) is 0. The summed E-state index contributed by atoms with van der Waals surface area (Å²) in [5.41, 5.74) is 1.03. The number of aliphatic hydroxyl groups is 1. The van der Waals surface area contributed by atoms with Gasteiger partial charge in [0, 0.05) is 11.4 Å². The highest BCUT2D eigenvalue weighted by atomic mass is 32.2. The molecule has 1 N–H and O–H groups in total. The van der Waals surface area contributed by atoms with Crippen molar-refractivity contribution in [1.82, 2.24) is 4.90 Å². The third kappa shape index (κ3) is 5.01. The normalized spacial score (nSPS) is 12.9. The molecular formula is C15H25NOS. The third-order valence-electron chi connectivity index (χ3n) is 3.19. The van der Waals surface area contributed by atoms with Crippen molar-refractivity contribution in [3.63, 3.8) is 0 Å². The molecule has 0 bridgehead atoms. The number of nitrogens with zero attached hydrogens (tertiary/aromatic N) is 1. The van der Waals surface area contributed by atoms with Gasteiger partial charge in [-0.2, -0.15) is 0 Å². The Morgan fingerprint density at radius 2 is 1.72 bits per heavy atom. The van der Waals surface area contributed by atoms with E-state index in [0.717, 1.165) is 37.4 Å². The van der Waals surface area contributed by atoms with E-state index < -0.39 is 0 Å². The Kier molecular flexibility index (Phi) is 7.40. The van der Waals surface area contributed by atoms with Crippen LogP contribution in [0.25, 0.3) is 0 Å². The third-order valence-corrected chi connectivity index (χ3v) is 4.08. The highest BCUT2D eigenvalue weighted by molar-refractivity contribution is 7.99. The maximum absolute atomic E-state index is 10.1. The van der Waals surface area contributed by atoms with Crippen LogP contribution in [0.3, 0.4) is 0 Å². The van der Waals surface area contributed by atoms with Gasteiger partial charge >= 0.3 is 0 Å². The van der Waals surface area contributed by atoms with E-state index in [1.807, 2.05) is 23.9 Å². The lowest BCUT2D eigenvalue weighted by Crippen LogP contribution is -2.25. The molecule has 3 heteroatoms. The lowest BCUT2D eigenvalue weighted by molar-refractivity contribution is 0.145. The fourth-order valence-electron chi connectivity index (χ4n) is 1.96.